The van der Waals surface area contributed by atoms with Crippen molar-refractivity contribution < 1.29 is 14.3 Å². The lowest BCUT2D eigenvalue weighted by Gasteiger charge is -2.10. The number of carbonyl (C=O) groups excluding carboxylic acids is 1. The number of anilines is 1. The van der Waals surface area contributed by atoms with Gasteiger partial charge in [0.15, 0.2) is 0 Å². The minimum atomic E-state index is -0.499. The molecule has 19 heavy (non-hydrogen) atoms. The Morgan fingerprint density at radius 2 is 2.11 bits per heavy atom. The first kappa shape index (κ1) is 12.9. The van der Waals surface area contributed by atoms with Crippen LogP contribution < -0.4 is 10.5 Å². The minimum Gasteiger partial charge on any atom is -0.465 e. The summed E-state index contributed by atoms with van der Waals surface area (Å²) in [5.41, 5.74) is 7.24. The number of carbonyl (C=O) groups is 1. The fraction of sp³-hybridized carbons (Fsp3) is 0.231. The third kappa shape index (κ3) is 2.67. The number of nitrogen functional groups attached to an aromatic ring is 1. The molecule has 0 amide bonds. The van der Waals surface area contributed by atoms with Gasteiger partial charge < -0.3 is 15.2 Å². The van der Waals surface area contributed by atoms with Crippen LogP contribution in [0.25, 0.3) is 0 Å². The lowest BCUT2D eigenvalue weighted by atomic mass is 10.2. The summed E-state index contributed by atoms with van der Waals surface area (Å²) in [4.78, 5) is 11.7. The molecule has 0 atom stereocenters. The van der Waals surface area contributed by atoms with E-state index in [0.29, 0.717) is 17.3 Å². The average molecular weight is 261 g/mol. The molecule has 0 spiro atoms. The van der Waals surface area contributed by atoms with Crippen LogP contribution in [0.4, 0.5) is 5.69 Å². The minimum absolute atomic E-state index is 0.279. The molecule has 2 aromatic rings. The highest BCUT2D eigenvalue weighted by Gasteiger charge is 2.15. The Bertz CT molecular complexity index is 620. The van der Waals surface area contributed by atoms with Gasteiger partial charge in [-0.1, -0.05) is 0 Å². The van der Waals surface area contributed by atoms with E-state index in [4.69, 9.17) is 15.2 Å². The van der Waals surface area contributed by atoms with Crippen LogP contribution in [0.2, 0.25) is 0 Å². The van der Waals surface area contributed by atoms with E-state index in [1.54, 1.807) is 29.9 Å². The summed E-state index contributed by atoms with van der Waals surface area (Å²) < 4.78 is 12.0. The number of aryl methyl sites for hydroxylation is 2. The quantitative estimate of drug-likeness (QED) is 0.674. The normalized spacial score (nSPS) is 10.3. The Hall–Kier alpha value is -2.50. The molecule has 0 saturated carbocycles. The van der Waals surface area contributed by atoms with Crippen LogP contribution in [0.15, 0.2) is 24.3 Å². The highest BCUT2D eigenvalue weighted by atomic mass is 16.5. The zero-order valence-electron chi connectivity index (χ0n) is 11.0. The van der Waals surface area contributed by atoms with Crippen molar-refractivity contribution in [2.24, 2.45) is 7.05 Å². The smallest absolute Gasteiger partial charge is 0.341 e. The highest BCUT2D eigenvalue weighted by molar-refractivity contribution is 5.93. The number of nitrogens with zero attached hydrogens (tertiary/aromatic N) is 2. The molecular formula is C13H15N3O3. The van der Waals surface area contributed by atoms with Gasteiger partial charge in [0.2, 0.25) is 5.88 Å². The lowest BCUT2D eigenvalue weighted by molar-refractivity contribution is 0.0598. The number of methoxy groups -OCH3 is 1. The van der Waals surface area contributed by atoms with Crippen molar-refractivity contribution >= 4 is 11.7 Å². The molecule has 1 heterocycles. The van der Waals surface area contributed by atoms with Crippen molar-refractivity contribution in [2.45, 2.75) is 6.92 Å². The number of hydrogen-bond donors (Lipinski definition) is 1. The van der Waals surface area contributed by atoms with E-state index >= 15 is 0 Å². The van der Waals surface area contributed by atoms with E-state index in [0.717, 1.165) is 5.69 Å². The standard InChI is InChI=1S/C13H15N3O3/c1-8-6-12(16(2)15-8)19-11-5-4-9(14)7-10(11)13(17)18-3/h4-7H,14H2,1-3H3. The predicted molar refractivity (Wildman–Crippen MR) is 70.2 cm³/mol. The molecule has 1 aromatic heterocycles. The van der Waals surface area contributed by atoms with Gasteiger partial charge in [0.1, 0.15) is 11.3 Å². The SMILES string of the molecule is COC(=O)c1cc(N)ccc1Oc1cc(C)nn1C. The molecular weight excluding hydrogens is 246 g/mol. The summed E-state index contributed by atoms with van der Waals surface area (Å²) >= 11 is 0. The first-order valence-electron chi connectivity index (χ1n) is 5.67. The first-order valence-corrected chi connectivity index (χ1v) is 5.67. The molecule has 0 radical (unpaired) electrons. The molecule has 0 aliphatic carbocycles. The number of aromatic nitrogens is 2. The van der Waals surface area contributed by atoms with Gasteiger partial charge in [-0.05, 0) is 25.1 Å². The molecule has 100 valence electrons. The number of hydrogen-bond acceptors (Lipinski definition) is 5. The average Bonchev–Trinajstić information content (AvgIpc) is 2.69. The van der Waals surface area contributed by atoms with Crippen LogP contribution in [-0.2, 0) is 11.8 Å². The third-order valence-corrected chi connectivity index (χ3v) is 2.58. The first-order chi connectivity index (χ1) is 9.01. The van der Waals surface area contributed by atoms with Gasteiger partial charge in [-0.15, -0.1) is 0 Å². The maximum absolute atomic E-state index is 11.7. The van der Waals surface area contributed by atoms with Crippen LogP contribution in [0.1, 0.15) is 16.1 Å². The molecule has 2 N–H and O–H groups in total. The fourth-order valence-electron chi connectivity index (χ4n) is 1.70. The van der Waals surface area contributed by atoms with Gasteiger partial charge >= 0.3 is 5.97 Å². The molecule has 2 rings (SSSR count). The maximum Gasteiger partial charge on any atom is 0.341 e. The number of rotatable bonds is 3. The van der Waals surface area contributed by atoms with E-state index in [2.05, 4.69) is 5.10 Å². The van der Waals surface area contributed by atoms with Crippen molar-refractivity contribution in [3.63, 3.8) is 0 Å². The van der Waals surface area contributed by atoms with Crippen molar-refractivity contribution in [3.05, 3.63) is 35.5 Å². The van der Waals surface area contributed by atoms with E-state index in [1.807, 2.05) is 6.92 Å². The zero-order chi connectivity index (χ0) is 14.0. The number of benzene rings is 1. The molecule has 6 nitrogen and oxygen atoms in total. The molecule has 6 heteroatoms. The Morgan fingerprint density at radius 1 is 1.37 bits per heavy atom. The molecule has 0 fully saturated rings. The molecule has 0 bridgehead atoms. The topological polar surface area (TPSA) is 79.4 Å². The molecule has 0 saturated heterocycles. The van der Waals surface area contributed by atoms with Crippen LogP contribution in [0, 0.1) is 6.92 Å². The third-order valence-electron chi connectivity index (χ3n) is 2.58. The van der Waals surface area contributed by atoms with Gasteiger partial charge in [0.05, 0.1) is 12.8 Å². The predicted octanol–water partition coefficient (Wildman–Crippen LogP) is 1.89. The fourth-order valence-corrected chi connectivity index (χ4v) is 1.70. The van der Waals surface area contributed by atoms with E-state index in [9.17, 15) is 4.79 Å². The Balaban J connectivity index is 2.39. The summed E-state index contributed by atoms with van der Waals surface area (Å²) in [7, 11) is 3.07. The van der Waals surface area contributed by atoms with Crippen molar-refractivity contribution in [2.75, 3.05) is 12.8 Å². The summed E-state index contributed by atoms with van der Waals surface area (Å²) in [6, 6.07) is 6.58. The summed E-state index contributed by atoms with van der Waals surface area (Å²) in [5, 5.41) is 4.17. The Kier molecular flexibility index (Phi) is 3.41. The Labute approximate surface area is 110 Å². The van der Waals surface area contributed by atoms with Crippen molar-refractivity contribution in [1.82, 2.24) is 9.78 Å². The van der Waals surface area contributed by atoms with Gasteiger partial charge in [0, 0.05) is 18.8 Å². The van der Waals surface area contributed by atoms with Crippen molar-refractivity contribution in [1.29, 1.82) is 0 Å². The van der Waals surface area contributed by atoms with Crippen LogP contribution in [0.3, 0.4) is 0 Å². The second-order valence-electron chi connectivity index (χ2n) is 4.10. The highest BCUT2D eigenvalue weighted by Crippen LogP contribution is 2.27. The van der Waals surface area contributed by atoms with E-state index in [-0.39, 0.29) is 5.56 Å². The zero-order valence-corrected chi connectivity index (χ0v) is 11.0. The number of esters is 1. The van der Waals surface area contributed by atoms with Crippen molar-refractivity contribution in [3.8, 4) is 11.6 Å². The van der Waals surface area contributed by atoms with Gasteiger partial charge in [-0.25, -0.2) is 9.48 Å². The maximum atomic E-state index is 11.7. The summed E-state index contributed by atoms with van der Waals surface area (Å²) in [6.45, 7) is 1.86. The molecule has 0 aliphatic heterocycles. The van der Waals surface area contributed by atoms with Crippen LogP contribution in [0.5, 0.6) is 11.6 Å². The monoisotopic (exact) mass is 261 g/mol. The van der Waals surface area contributed by atoms with Crippen LogP contribution >= 0.6 is 0 Å². The van der Waals surface area contributed by atoms with E-state index in [1.165, 1.54) is 13.2 Å². The van der Waals surface area contributed by atoms with Crippen LogP contribution in [-0.4, -0.2) is 22.9 Å². The Morgan fingerprint density at radius 3 is 2.68 bits per heavy atom. The van der Waals surface area contributed by atoms with E-state index < -0.39 is 5.97 Å². The number of nitrogens with two attached hydrogens (primary N) is 1. The molecule has 1 aromatic carbocycles. The summed E-state index contributed by atoms with van der Waals surface area (Å²) in [5.74, 6) is 0.415. The molecule has 0 unspecified atom stereocenters. The van der Waals surface area contributed by atoms with Gasteiger partial charge in [-0.3, -0.25) is 0 Å². The lowest BCUT2D eigenvalue weighted by Crippen LogP contribution is -2.05. The number of ether oxygens (including phenoxy) is 2. The summed E-state index contributed by atoms with van der Waals surface area (Å²) in [6.07, 6.45) is 0. The second kappa shape index (κ2) is 5.01. The van der Waals surface area contributed by atoms with Gasteiger partial charge in [-0.2, -0.15) is 5.10 Å². The van der Waals surface area contributed by atoms with Gasteiger partial charge in [0.25, 0.3) is 0 Å². The molecule has 0 aliphatic rings. The largest absolute Gasteiger partial charge is 0.465 e. The second-order valence-corrected chi connectivity index (χ2v) is 4.10.